The molecule has 0 aliphatic carbocycles. The number of fused-ring (bicyclic) bond motifs is 3. The molecule has 1 saturated heterocycles. The van der Waals surface area contributed by atoms with E-state index in [1.54, 1.807) is 11.3 Å². The lowest BCUT2D eigenvalue weighted by molar-refractivity contribution is -0.125. The van der Waals surface area contributed by atoms with E-state index in [1.807, 2.05) is 29.6 Å². The van der Waals surface area contributed by atoms with Crippen LogP contribution in [0.1, 0.15) is 17.7 Å². The fourth-order valence-corrected chi connectivity index (χ4v) is 4.70. The molecule has 6 heteroatoms. The van der Waals surface area contributed by atoms with Crippen LogP contribution in [0.2, 0.25) is 0 Å². The standard InChI is InChI=1S/C22H22N4OS/c27-22(23-14-17-7-5-13-28-17)16-6-3-11-25(15-16)21-20-10-4-12-26(20)19-9-2-1-8-18(19)24-21/h1-2,4-5,7-10,12-13,16H,3,6,11,14-15H2,(H,23,27). The van der Waals surface area contributed by atoms with Crippen molar-refractivity contribution >= 4 is 39.6 Å². The summed E-state index contributed by atoms with van der Waals surface area (Å²) in [5, 5.41) is 5.15. The fraction of sp³-hybridized carbons (Fsp3) is 0.273. The number of nitrogens with one attached hydrogen (secondary N) is 1. The minimum atomic E-state index is -0.00278. The number of amides is 1. The molecular weight excluding hydrogens is 368 g/mol. The average Bonchev–Trinajstić information content (AvgIpc) is 3.43. The van der Waals surface area contributed by atoms with Gasteiger partial charge in [-0.25, -0.2) is 4.98 Å². The molecule has 0 saturated carbocycles. The molecule has 1 atom stereocenters. The number of piperidine rings is 1. The maximum absolute atomic E-state index is 12.7. The largest absolute Gasteiger partial charge is 0.354 e. The summed E-state index contributed by atoms with van der Waals surface area (Å²) in [7, 11) is 0. The Kier molecular flexibility index (Phi) is 4.49. The highest BCUT2D eigenvalue weighted by Crippen LogP contribution is 2.29. The van der Waals surface area contributed by atoms with Crippen LogP contribution in [0, 0.1) is 5.92 Å². The van der Waals surface area contributed by atoms with Gasteiger partial charge in [0.1, 0.15) is 0 Å². The molecule has 1 unspecified atom stereocenters. The SMILES string of the molecule is O=C(NCc1cccs1)C1CCCN(c2nc3ccccc3n3cccc23)C1. The third kappa shape index (κ3) is 3.14. The Hall–Kier alpha value is -2.86. The van der Waals surface area contributed by atoms with Crippen molar-refractivity contribution in [3.63, 3.8) is 0 Å². The smallest absolute Gasteiger partial charge is 0.225 e. The summed E-state index contributed by atoms with van der Waals surface area (Å²) >= 11 is 1.67. The van der Waals surface area contributed by atoms with Crippen LogP contribution in [0.4, 0.5) is 5.82 Å². The Morgan fingerprint density at radius 3 is 2.93 bits per heavy atom. The zero-order chi connectivity index (χ0) is 18.9. The second kappa shape index (κ2) is 7.28. The maximum atomic E-state index is 12.7. The average molecular weight is 391 g/mol. The number of aromatic nitrogens is 2. The summed E-state index contributed by atoms with van der Waals surface area (Å²) in [5.41, 5.74) is 3.18. The highest BCUT2D eigenvalue weighted by molar-refractivity contribution is 7.09. The predicted octanol–water partition coefficient (Wildman–Crippen LogP) is 4.08. The van der Waals surface area contributed by atoms with Crippen molar-refractivity contribution in [2.24, 2.45) is 5.92 Å². The Morgan fingerprint density at radius 2 is 2.04 bits per heavy atom. The number of carbonyl (C=O) groups is 1. The molecule has 0 spiro atoms. The van der Waals surface area contributed by atoms with Crippen molar-refractivity contribution < 1.29 is 4.79 Å². The number of hydrogen-bond acceptors (Lipinski definition) is 4. The Balaban J connectivity index is 1.40. The van der Waals surface area contributed by atoms with Gasteiger partial charge in [-0.3, -0.25) is 4.79 Å². The van der Waals surface area contributed by atoms with Crippen LogP contribution < -0.4 is 10.2 Å². The molecule has 5 nitrogen and oxygen atoms in total. The highest BCUT2D eigenvalue weighted by atomic mass is 32.1. The zero-order valence-corrected chi connectivity index (χ0v) is 16.4. The van der Waals surface area contributed by atoms with E-state index in [2.05, 4.69) is 45.1 Å². The van der Waals surface area contributed by atoms with E-state index in [0.29, 0.717) is 13.1 Å². The van der Waals surface area contributed by atoms with Gasteiger partial charge in [0, 0.05) is 24.2 Å². The van der Waals surface area contributed by atoms with Crippen LogP contribution in [-0.2, 0) is 11.3 Å². The maximum Gasteiger partial charge on any atom is 0.225 e. The monoisotopic (exact) mass is 390 g/mol. The molecule has 4 aromatic rings. The highest BCUT2D eigenvalue weighted by Gasteiger charge is 2.27. The lowest BCUT2D eigenvalue weighted by Crippen LogP contribution is -2.43. The number of hydrogen-bond donors (Lipinski definition) is 1. The number of carbonyl (C=O) groups excluding carboxylic acids is 1. The molecule has 1 aliphatic heterocycles. The number of anilines is 1. The van der Waals surface area contributed by atoms with Gasteiger partial charge < -0.3 is 14.6 Å². The Bertz CT molecular complexity index is 1120. The van der Waals surface area contributed by atoms with Crippen LogP contribution in [0.5, 0.6) is 0 Å². The van der Waals surface area contributed by atoms with E-state index in [0.717, 1.165) is 41.8 Å². The van der Waals surface area contributed by atoms with E-state index < -0.39 is 0 Å². The summed E-state index contributed by atoms with van der Waals surface area (Å²) < 4.78 is 2.19. The van der Waals surface area contributed by atoms with E-state index in [-0.39, 0.29) is 11.8 Å². The van der Waals surface area contributed by atoms with Crippen molar-refractivity contribution in [1.29, 1.82) is 0 Å². The molecule has 1 N–H and O–H groups in total. The van der Waals surface area contributed by atoms with Gasteiger partial charge >= 0.3 is 0 Å². The fourth-order valence-electron chi connectivity index (χ4n) is 4.05. The van der Waals surface area contributed by atoms with Crippen molar-refractivity contribution in [3.05, 3.63) is 65.0 Å². The van der Waals surface area contributed by atoms with Gasteiger partial charge in [-0.2, -0.15) is 0 Å². The second-order valence-electron chi connectivity index (χ2n) is 7.27. The van der Waals surface area contributed by atoms with Gasteiger partial charge in [-0.1, -0.05) is 18.2 Å². The molecular formula is C22H22N4OS. The Morgan fingerprint density at radius 1 is 1.14 bits per heavy atom. The van der Waals surface area contributed by atoms with Gasteiger partial charge in [0.2, 0.25) is 5.91 Å². The molecule has 5 rings (SSSR count). The first-order valence-corrected chi connectivity index (χ1v) is 10.6. The van der Waals surface area contributed by atoms with Crippen molar-refractivity contribution in [2.75, 3.05) is 18.0 Å². The number of para-hydroxylation sites is 2. The second-order valence-corrected chi connectivity index (χ2v) is 8.30. The van der Waals surface area contributed by atoms with Crippen LogP contribution in [0.3, 0.4) is 0 Å². The molecule has 1 fully saturated rings. The van der Waals surface area contributed by atoms with Crippen molar-refractivity contribution in [2.45, 2.75) is 19.4 Å². The normalized spacial score (nSPS) is 17.3. The van der Waals surface area contributed by atoms with Crippen LogP contribution in [0.25, 0.3) is 16.6 Å². The van der Waals surface area contributed by atoms with Crippen molar-refractivity contribution in [3.8, 4) is 0 Å². The molecule has 4 heterocycles. The van der Waals surface area contributed by atoms with E-state index in [1.165, 1.54) is 4.88 Å². The molecule has 142 valence electrons. The van der Waals surface area contributed by atoms with Gasteiger partial charge in [0.05, 0.1) is 29.0 Å². The van der Waals surface area contributed by atoms with Crippen LogP contribution in [0.15, 0.2) is 60.1 Å². The number of rotatable bonds is 4. The van der Waals surface area contributed by atoms with Gasteiger partial charge in [-0.15, -0.1) is 11.3 Å². The zero-order valence-electron chi connectivity index (χ0n) is 15.5. The number of benzene rings is 1. The van der Waals surface area contributed by atoms with Crippen LogP contribution >= 0.6 is 11.3 Å². The Labute approximate surface area is 167 Å². The summed E-state index contributed by atoms with van der Waals surface area (Å²) in [5.74, 6) is 1.11. The third-order valence-electron chi connectivity index (χ3n) is 5.45. The molecule has 0 bridgehead atoms. The summed E-state index contributed by atoms with van der Waals surface area (Å²) in [6.07, 6.45) is 4.01. The van der Waals surface area contributed by atoms with Gasteiger partial charge in [-0.05, 0) is 48.6 Å². The van der Waals surface area contributed by atoms with E-state index in [9.17, 15) is 4.79 Å². The number of thiophene rings is 1. The van der Waals surface area contributed by atoms with Crippen molar-refractivity contribution in [1.82, 2.24) is 14.7 Å². The first-order valence-electron chi connectivity index (χ1n) is 9.70. The molecule has 1 aromatic carbocycles. The van der Waals surface area contributed by atoms with E-state index >= 15 is 0 Å². The lowest BCUT2D eigenvalue weighted by atomic mass is 9.97. The van der Waals surface area contributed by atoms with E-state index in [4.69, 9.17) is 4.98 Å². The van der Waals surface area contributed by atoms with Crippen LogP contribution in [-0.4, -0.2) is 28.4 Å². The first-order chi connectivity index (χ1) is 13.8. The van der Waals surface area contributed by atoms with Gasteiger partial charge in [0.15, 0.2) is 5.82 Å². The van der Waals surface area contributed by atoms with Gasteiger partial charge in [0.25, 0.3) is 0 Å². The lowest BCUT2D eigenvalue weighted by Gasteiger charge is -2.33. The molecule has 0 radical (unpaired) electrons. The minimum Gasteiger partial charge on any atom is -0.354 e. The topological polar surface area (TPSA) is 49.6 Å². The quantitative estimate of drug-likeness (QED) is 0.571. The molecule has 3 aromatic heterocycles. The minimum absolute atomic E-state index is 0.00278. The third-order valence-corrected chi connectivity index (χ3v) is 6.33. The first kappa shape index (κ1) is 17.3. The number of nitrogens with zero attached hydrogens (tertiary/aromatic N) is 3. The summed E-state index contributed by atoms with van der Waals surface area (Å²) in [4.78, 5) is 21.2. The molecule has 1 amide bonds. The summed E-state index contributed by atoms with van der Waals surface area (Å²) in [6, 6.07) is 16.4. The summed E-state index contributed by atoms with van der Waals surface area (Å²) in [6.45, 7) is 2.26. The molecule has 28 heavy (non-hydrogen) atoms. The predicted molar refractivity (Wildman–Crippen MR) is 114 cm³/mol. The molecule has 1 aliphatic rings.